The molecule has 0 atom stereocenters. The van der Waals surface area contributed by atoms with Crippen molar-refractivity contribution in [2.45, 2.75) is 57.4 Å². The van der Waals surface area contributed by atoms with Crippen LogP contribution in [0.3, 0.4) is 0 Å². The molecule has 0 amide bonds. The van der Waals surface area contributed by atoms with Crippen molar-refractivity contribution in [1.29, 1.82) is 0 Å². The standard InChI is InChI=1S/C14H22N2S/c1-2-6-14(7-3-1,10-15-12-4-5-12)8-13-9-17-11-16-13/h9,11-12,15H,1-8,10H2. The topological polar surface area (TPSA) is 24.9 Å². The number of aromatic nitrogens is 1. The molecule has 0 saturated heterocycles. The summed E-state index contributed by atoms with van der Waals surface area (Å²) in [6, 6.07) is 0.837. The van der Waals surface area contributed by atoms with E-state index in [1.165, 1.54) is 63.6 Å². The molecule has 0 unspecified atom stereocenters. The Hall–Kier alpha value is -0.410. The van der Waals surface area contributed by atoms with Crippen molar-refractivity contribution in [3.63, 3.8) is 0 Å². The molecule has 1 aromatic heterocycles. The molecule has 2 nitrogen and oxygen atoms in total. The fraction of sp³-hybridized carbons (Fsp3) is 0.786. The van der Waals surface area contributed by atoms with Crippen molar-refractivity contribution < 1.29 is 0 Å². The van der Waals surface area contributed by atoms with E-state index in [0.29, 0.717) is 5.41 Å². The number of nitrogens with zero attached hydrogens (tertiary/aromatic N) is 1. The predicted molar refractivity (Wildman–Crippen MR) is 72.4 cm³/mol. The Labute approximate surface area is 108 Å². The van der Waals surface area contributed by atoms with Gasteiger partial charge in [0, 0.05) is 18.0 Å². The molecule has 1 heterocycles. The predicted octanol–water partition coefficient (Wildman–Crippen LogP) is 3.39. The van der Waals surface area contributed by atoms with Gasteiger partial charge in [-0.25, -0.2) is 4.98 Å². The summed E-state index contributed by atoms with van der Waals surface area (Å²) in [6.45, 7) is 1.22. The Bertz CT molecular complexity index is 337. The SMILES string of the molecule is c1nc(CC2(CNC3CC3)CCCCC2)cs1. The average Bonchev–Trinajstić information content (AvgIpc) is 3.06. The van der Waals surface area contributed by atoms with Crippen LogP contribution in [-0.2, 0) is 6.42 Å². The number of rotatable bonds is 5. The van der Waals surface area contributed by atoms with Crippen LogP contribution in [-0.4, -0.2) is 17.6 Å². The molecule has 0 bridgehead atoms. The van der Waals surface area contributed by atoms with Crippen LogP contribution >= 0.6 is 11.3 Å². The third-order valence-corrected chi connectivity index (χ3v) is 4.93. The van der Waals surface area contributed by atoms with Crippen LogP contribution < -0.4 is 5.32 Å². The van der Waals surface area contributed by atoms with E-state index in [-0.39, 0.29) is 0 Å². The van der Waals surface area contributed by atoms with Gasteiger partial charge in [0.15, 0.2) is 0 Å². The highest BCUT2D eigenvalue weighted by atomic mass is 32.1. The third kappa shape index (κ3) is 3.08. The monoisotopic (exact) mass is 250 g/mol. The maximum atomic E-state index is 4.49. The Balaban J connectivity index is 1.65. The van der Waals surface area contributed by atoms with Crippen molar-refractivity contribution >= 4 is 11.3 Å². The van der Waals surface area contributed by atoms with E-state index in [9.17, 15) is 0 Å². The van der Waals surface area contributed by atoms with Crippen molar-refractivity contribution in [3.05, 3.63) is 16.6 Å². The molecule has 0 aromatic carbocycles. The molecular weight excluding hydrogens is 228 g/mol. The minimum absolute atomic E-state index is 0.509. The molecule has 1 aromatic rings. The van der Waals surface area contributed by atoms with Gasteiger partial charge in [-0.3, -0.25) is 0 Å². The van der Waals surface area contributed by atoms with Crippen LogP contribution in [0.5, 0.6) is 0 Å². The van der Waals surface area contributed by atoms with Crippen LogP contribution in [0.4, 0.5) is 0 Å². The van der Waals surface area contributed by atoms with Crippen LogP contribution in [0.1, 0.15) is 50.6 Å². The first-order chi connectivity index (χ1) is 8.36. The summed E-state index contributed by atoms with van der Waals surface area (Å²) in [5.41, 5.74) is 3.80. The molecule has 17 heavy (non-hydrogen) atoms. The van der Waals surface area contributed by atoms with E-state index < -0.39 is 0 Å². The number of nitrogens with one attached hydrogen (secondary N) is 1. The van der Waals surface area contributed by atoms with Crippen LogP contribution in [0, 0.1) is 5.41 Å². The summed E-state index contributed by atoms with van der Waals surface area (Å²) in [5, 5.41) is 5.98. The van der Waals surface area contributed by atoms with Gasteiger partial charge in [0.05, 0.1) is 11.2 Å². The third-order valence-electron chi connectivity index (χ3n) is 4.30. The van der Waals surface area contributed by atoms with Crippen molar-refractivity contribution in [3.8, 4) is 0 Å². The highest BCUT2D eigenvalue weighted by molar-refractivity contribution is 7.07. The first kappa shape index (κ1) is 11.7. The van der Waals surface area contributed by atoms with E-state index >= 15 is 0 Å². The largest absolute Gasteiger partial charge is 0.313 e. The second-order valence-electron chi connectivity index (χ2n) is 5.87. The van der Waals surface area contributed by atoms with E-state index in [1.54, 1.807) is 11.3 Å². The fourth-order valence-corrected chi connectivity index (χ4v) is 3.63. The minimum Gasteiger partial charge on any atom is -0.313 e. The maximum Gasteiger partial charge on any atom is 0.0794 e. The quantitative estimate of drug-likeness (QED) is 0.866. The molecule has 2 aliphatic rings. The summed E-state index contributed by atoms with van der Waals surface area (Å²) in [5.74, 6) is 0. The molecule has 3 heteroatoms. The van der Waals surface area contributed by atoms with Crippen LogP contribution in [0.25, 0.3) is 0 Å². The zero-order valence-electron chi connectivity index (χ0n) is 10.5. The Morgan fingerprint density at radius 1 is 1.29 bits per heavy atom. The molecule has 2 aliphatic carbocycles. The van der Waals surface area contributed by atoms with Gasteiger partial charge < -0.3 is 5.32 Å². The first-order valence-electron chi connectivity index (χ1n) is 6.97. The highest BCUT2D eigenvalue weighted by Crippen LogP contribution is 2.39. The number of thiazole rings is 1. The van der Waals surface area contributed by atoms with Gasteiger partial charge in [0.2, 0.25) is 0 Å². The first-order valence-corrected chi connectivity index (χ1v) is 7.91. The highest BCUT2D eigenvalue weighted by Gasteiger charge is 2.34. The number of hydrogen-bond acceptors (Lipinski definition) is 3. The molecule has 0 spiro atoms. The summed E-state index contributed by atoms with van der Waals surface area (Å²) < 4.78 is 0. The normalized spacial score (nSPS) is 23.8. The lowest BCUT2D eigenvalue weighted by Gasteiger charge is -2.37. The zero-order valence-corrected chi connectivity index (χ0v) is 11.3. The smallest absolute Gasteiger partial charge is 0.0794 e. The molecule has 0 radical (unpaired) electrons. The Morgan fingerprint density at radius 3 is 2.76 bits per heavy atom. The van der Waals surface area contributed by atoms with E-state index in [0.717, 1.165) is 6.04 Å². The molecule has 3 rings (SSSR count). The molecular formula is C14H22N2S. The summed E-state index contributed by atoms with van der Waals surface area (Å²) >= 11 is 1.73. The van der Waals surface area contributed by atoms with E-state index in [4.69, 9.17) is 0 Å². The second kappa shape index (κ2) is 5.07. The van der Waals surface area contributed by atoms with Crippen molar-refractivity contribution in [2.24, 2.45) is 5.41 Å². The van der Waals surface area contributed by atoms with Gasteiger partial charge in [-0.15, -0.1) is 11.3 Å². The van der Waals surface area contributed by atoms with Gasteiger partial charge in [-0.05, 0) is 37.5 Å². The molecule has 0 aliphatic heterocycles. The van der Waals surface area contributed by atoms with Crippen molar-refractivity contribution in [1.82, 2.24) is 10.3 Å². The van der Waals surface area contributed by atoms with Crippen LogP contribution in [0.15, 0.2) is 10.9 Å². The molecule has 1 N–H and O–H groups in total. The summed E-state index contributed by atoms with van der Waals surface area (Å²) in [6.07, 6.45) is 11.0. The number of hydrogen-bond donors (Lipinski definition) is 1. The maximum absolute atomic E-state index is 4.49. The fourth-order valence-electron chi connectivity index (χ4n) is 3.08. The van der Waals surface area contributed by atoms with E-state index in [2.05, 4.69) is 15.7 Å². The minimum atomic E-state index is 0.509. The van der Waals surface area contributed by atoms with E-state index in [1.807, 2.05) is 5.51 Å². The van der Waals surface area contributed by atoms with Gasteiger partial charge in [0.25, 0.3) is 0 Å². The summed E-state index contributed by atoms with van der Waals surface area (Å²) in [4.78, 5) is 4.49. The lowest BCUT2D eigenvalue weighted by Crippen LogP contribution is -2.38. The second-order valence-corrected chi connectivity index (χ2v) is 6.59. The van der Waals surface area contributed by atoms with Crippen LogP contribution in [0.2, 0.25) is 0 Å². The van der Waals surface area contributed by atoms with Gasteiger partial charge in [0.1, 0.15) is 0 Å². The van der Waals surface area contributed by atoms with Gasteiger partial charge >= 0.3 is 0 Å². The molecule has 2 fully saturated rings. The average molecular weight is 250 g/mol. The molecule has 94 valence electrons. The Kier molecular flexibility index (Phi) is 3.48. The zero-order chi connectivity index (χ0) is 11.6. The van der Waals surface area contributed by atoms with Gasteiger partial charge in [-0.2, -0.15) is 0 Å². The summed E-state index contributed by atoms with van der Waals surface area (Å²) in [7, 11) is 0. The Morgan fingerprint density at radius 2 is 2.12 bits per heavy atom. The molecule has 2 saturated carbocycles. The lowest BCUT2D eigenvalue weighted by atomic mass is 9.71. The van der Waals surface area contributed by atoms with Crippen molar-refractivity contribution in [2.75, 3.05) is 6.54 Å². The lowest BCUT2D eigenvalue weighted by molar-refractivity contribution is 0.178. The van der Waals surface area contributed by atoms with Gasteiger partial charge in [-0.1, -0.05) is 19.3 Å².